The van der Waals surface area contributed by atoms with Crippen molar-refractivity contribution in [2.75, 3.05) is 19.0 Å². The zero-order chi connectivity index (χ0) is 23.4. The van der Waals surface area contributed by atoms with Crippen molar-refractivity contribution in [3.05, 3.63) is 66.5 Å². The van der Waals surface area contributed by atoms with E-state index in [0.29, 0.717) is 58.0 Å². The molecular weight excluding hydrogens is 428 g/mol. The summed E-state index contributed by atoms with van der Waals surface area (Å²) >= 11 is 0. The molecule has 9 heteroatoms. The quantitative estimate of drug-likeness (QED) is 0.388. The molecule has 4 aromatic rings. The molecule has 4 rings (SSSR count). The number of halogens is 2. The number of aromatic nitrogens is 3. The molecular formula is C24H21F2N5O2. The number of nitrogens with two attached hydrogens (primary N) is 1. The number of rotatable bonds is 8. The number of ether oxygens (including phenoxy) is 1. The van der Waals surface area contributed by atoms with Crippen LogP contribution in [0, 0.1) is 11.6 Å². The number of primary amides is 1. The molecule has 168 valence electrons. The second-order valence-electron chi connectivity index (χ2n) is 7.37. The van der Waals surface area contributed by atoms with Crippen LogP contribution in [0.2, 0.25) is 0 Å². The highest BCUT2D eigenvalue weighted by atomic mass is 19.1. The van der Waals surface area contributed by atoms with Crippen LogP contribution in [0.3, 0.4) is 0 Å². The summed E-state index contributed by atoms with van der Waals surface area (Å²) in [5.41, 5.74) is 7.34. The van der Waals surface area contributed by atoms with E-state index in [0.717, 1.165) is 6.07 Å². The molecule has 2 aromatic carbocycles. The Kier molecular flexibility index (Phi) is 6.39. The summed E-state index contributed by atoms with van der Waals surface area (Å²) in [5.74, 6) is -0.428. The number of anilines is 1. The summed E-state index contributed by atoms with van der Waals surface area (Å²) in [4.78, 5) is 24.5. The van der Waals surface area contributed by atoms with Crippen molar-refractivity contribution < 1.29 is 18.3 Å². The lowest BCUT2D eigenvalue weighted by molar-refractivity contribution is -0.118. The van der Waals surface area contributed by atoms with E-state index in [1.807, 2.05) is 6.07 Å². The minimum atomic E-state index is -0.683. The highest BCUT2D eigenvalue weighted by molar-refractivity contribution is 5.97. The number of fused-ring (bicyclic) bond motifs is 1. The van der Waals surface area contributed by atoms with Crippen LogP contribution in [-0.4, -0.2) is 34.5 Å². The van der Waals surface area contributed by atoms with Crippen LogP contribution in [-0.2, 0) is 4.79 Å². The van der Waals surface area contributed by atoms with Crippen LogP contribution < -0.4 is 15.8 Å². The van der Waals surface area contributed by atoms with Crippen molar-refractivity contribution in [2.45, 2.75) is 12.8 Å². The van der Waals surface area contributed by atoms with E-state index in [1.165, 1.54) is 19.2 Å². The molecule has 2 aromatic heterocycles. The number of pyridine rings is 1. The van der Waals surface area contributed by atoms with Crippen LogP contribution in [0.25, 0.3) is 33.4 Å². The Labute approximate surface area is 188 Å². The van der Waals surface area contributed by atoms with Gasteiger partial charge in [0.15, 0.2) is 5.82 Å². The molecule has 0 unspecified atom stereocenters. The zero-order valence-electron chi connectivity index (χ0n) is 17.8. The average molecular weight is 449 g/mol. The van der Waals surface area contributed by atoms with E-state index in [9.17, 15) is 13.6 Å². The SMILES string of the molecule is COc1cc(-c2cc(F)cc(F)c2)cc2c(NCCCC(N)=O)nc(-c3cccnc3)nc12. The highest BCUT2D eigenvalue weighted by Gasteiger charge is 2.16. The number of benzene rings is 2. The first-order valence-electron chi connectivity index (χ1n) is 10.2. The van der Waals surface area contributed by atoms with Gasteiger partial charge >= 0.3 is 0 Å². The minimum Gasteiger partial charge on any atom is -0.494 e. The van der Waals surface area contributed by atoms with Crippen LogP contribution in [0.5, 0.6) is 5.75 Å². The molecule has 0 atom stereocenters. The predicted molar refractivity (Wildman–Crippen MR) is 122 cm³/mol. The van der Waals surface area contributed by atoms with E-state index >= 15 is 0 Å². The van der Waals surface area contributed by atoms with Crippen LogP contribution >= 0.6 is 0 Å². The van der Waals surface area contributed by atoms with E-state index in [4.69, 9.17) is 10.5 Å². The molecule has 7 nitrogen and oxygen atoms in total. The molecule has 0 fully saturated rings. The van der Waals surface area contributed by atoms with Gasteiger partial charge in [-0.25, -0.2) is 18.7 Å². The van der Waals surface area contributed by atoms with Crippen LogP contribution in [0.1, 0.15) is 12.8 Å². The van der Waals surface area contributed by atoms with Gasteiger partial charge in [-0.3, -0.25) is 9.78 Å². The smallest absolute Gasteiger partial charge is 0.217 e. The number of hydrogen-bond donors (Lipinski definition) is 2. The third-order valence-electron chi connectivity index (χ3n) is 4.99. The van der Waals surface area contributed by atoms with Gasteiger partial charge in [0.25, 0.3) is 0 Å². The molecule has 0 saturated heterocycles. The van der Waals surface area contributed by atoms with Crippen molar-refractivity contribution in [2.24, 2.45) is 5.73 Å². The number of amides is 1. The molecule has 0 bridgehead atoms. The Morgan fingerprint density at radius 2 is 1.82 bits per heavy atom. The lowest BCUT2D eigenvalue weighted by Crippen LogP contribution is -2.13. The summed E-state index contributed by atoms with van der Waals surface area (Å²) in [6, 6.07) is 10.3. The monoisotopic (exact) mass is 449 g/mol. The van der Waals surface area contributed by atoms with Gasteiger partial charge < -0.3 is 15.8 Å². The maximum atomic E-state index is 13.8. The molecule has 1 amide bonds. The minimum absolute atomic E-state index is 0.225. The van der Waals surface area contributed by atoms with E-state index in [1.54, 1.807) is 30.6 Å². The van der Waals surface area contributed by atoms with E-state index in [2.05, 4.69) is 20.3 Å². The van der Waals surface area contributed by atoms with Gasteiger partial charge in [-0.1, -0.05) is 0 Å². The van der Waals surface area contributed by atoms with Crippen molar-refractivity contribution in [1.82, 2.24) is 15.0 Å². The molecule has 33 heavy (non-hydrogen) atoms. The molecule has 0 radical (unpaired) electrons. The lowest BCUT2D eigenvalue weighted by Gasteiger charge is -2.15. The van der Waals surface area contributed by atoms with Gasteiger partial charge in [-0.2, -0.15) is 0 Å². The maximum Gasteiger partial charge on any atom is 0.217 e. The summed E-state index contributed by atoms with van der Waals surface area (Å²) in [5, 5.41) is 3.82. The fourth-order valence-electron chi connectivity index (χ4n) is 3.47. The third-order valence-corrected chi connectivity index (χ3v) is 4.99. The van der Waals surface area contributed by atoms with Gasteiger partial charge in [0.1, 0.15) is 28.7 Å². The van der Waals surface area contributed by atoms with Gasteiger partial charge in [0, 0.05) is 42.4 Å². The topological polar surface area (TPSA) is 103 Å². The Hall–Kier alpha value is -4.14. The Morgan fingerprint density at radius 3 is 2.48 bits per heavy atom. The molecule has 0 saturated carbocycles. The zero-order valence-corrected chi connectivity index (χ0v) is 17.8. The van der Waals surface area contributed by atoms with Crippen molar-refractivity contribution in [1.29, 1.82) is 0 Å². The molecule has 3 N–H and O–H groups in total. The van der Waals surface area contributed by atoms with Crippen molar-refractivity contribution in [3.63, 3.8) is 0 Å². The fraction of sp³-hybridized carbons (Fsp3) is 0.167. The largest absolute Gasteiger partial charge is 0.494 e. The Bertz CT molecular complexity index is 1300. The van der Waals surface area contributed by atoms with Crippen LogP contribution in [0.4, 0.5) is 14.6 Å². The first-order chi connectivity index (χ1) is 15.9. The van der Waals surface area contributed by atoms with Crippen molar-refractivity contribution >= 4 is 22.6 Å². The second kappa shape index (κ2) is 9.56. The number of carbonyl (C=O) groups is 1. The molecule has 0 aliphatic carbocycles. The molecule has 0 aliphatic rings. The fourth-order valence-corrected chi connectivity index (χ4v) is 3.47. The van der Waals surface area contributed by atoms with Crippen LogP contribution in [0.15, 0.2) is 54.9 Å². The van der Waals surface area contributed by atoms with Gasteiger partial charge in [0.2, 0.25) is 5.91 Å². The normalized spacial score (nSPS) is 10.9. The molecule has 2 heterocycles. The number of nitrogens with zero attached hydrogens (tertiary/aromatic N) is 3. The first-order valence-corrected chi connectivity index (χ1v) is 10.2. The van der Waals surface area contributed by atoms with E-state index in [-0.39, 0.29) is 6.42 Å². The van der Waals surface area contributed by atoms with Gasteiger partial charge in [0.05, 0.1) is 7.11 Å². The Morgan fingerprint density at radius 1 is 1.06 bits per heavy atom. The summed E-state index contributed by atoms with van der Waals surface area (Å²) in [6.45, 7) is 0.433. The first kappa shape index (κ1) is 22.1. The third kappa shape index (κ3) is 5.03. The predicted octanol–water partition coefficient (Wildman–Crippen LogP) is 4.32. The summed E-state index contributed by atoms with van der Waals surface area (Å²) in [7, 11) is 1.50. The summed E-state index contributed by atoms with van der Waals surface area (Å²) in [6.07, 6.45) is 4.03. The number of hydrogen-bond acceptors (Lipinski definition) is 6. The van der Waals surface area contributed by atoms with Crippen molar-refractivity contribution in [3.8, 4) is 28.3 Å². The summed E-state index contributed by atoms with van der Waals surface area (Å²) < 4.78 is 33.3. The second-order valence-corrected chi connectivity index (χ2v) is 7.37. The number of carbonyl (C=O) groups excluding carboxylic acids is 1. The van der Waals surface area contributed by atoms with E-state index < -0.39 is 17.5 Å². The number of nitrogens with one attached hydrogen (secondary N) is 1. The van der Waals surface area contributed by atoms with Gasteiger partial charge in [-0.15, -0.1) is 0 Å². The highest BCUT2D eigenvalue weighted by Crippen LogP contribution is 2.36. The molecule has 0 spiro atoms. The average Bonchev–Trinajstić information content (AvgIpc) is 2.80. The lowest BCUT2D eigenvalue weighted by atomic mass is 10.0. The number of methoxy groups -OCH3 is 1. The van der Waals surface area contributed by atoms with Gasteiger partial charge in [-0.05, 0) is 53.9 Å². The molecule has 0 aliphatic heterocycles. The standard InChI is InChI=1S/C24H21F2N5O2/c1-33-20-11-16(15-8-17(25)12-18(26)9-15)10-19-22(20)30-23(14-4-2-6-28-13-14)31-24(19)29-7-3-5-21(27)32/h2,4,6,8-13H,3,5,7H2,1H3,(H2,27,32)(H,29,30,31). The maximum absolute atomic E-state index is 13.8. The Balaban J connectivity index is 1.87.